The van der Waals surface area contributed by atoms with E-state index in [4.69, 9.17) is 4.84 Å². The first kappa shape index (κ1) is 7.19. The number of rotatable bonds is 0. The predicted molar refractivity (Wildman–Crippen MR) is 48.9 cm³/mol. The van der Waals surface area contributed by atoms with Crippen LogP contribution in [0.4, 0.5) is 5.82 Å². The first-order valence-electron chi connectivity index (χ1n) is 3.99. The topological polar surface area (TPSA) is 72.8 Å². The van der Waals surface area contributed by atoms with Gasteiger partial charge in [-0.15, -0.1) is 0 Å². The van der Waals surface area contributed by atoms with Gasteiger partial charge in [0.25, 0.3) is 0 Å². The highest BCUT2D eigenvalue weighted by molar-refractivity contribution is 5.74. The lowest BCUT2D eigenvalue weighted by Gasteiger charge is -2.10. The lowest BCUT2D eigenvalue weighted by Crippen LogP contribution is -2.06. The molecule has 0 bridgehead atoms. The van der Waals surface area contributed by atoms with Crippen LogP contribution in [0.15, 0.2) is 18.8 Å². The average Bonchev–Trinajstić information content (AvgIpc) is 2.26. The summed E-state index contributed by atoms with van der Waals surface area (Å²) in [5, 5.41) is 0. The normalized spacial score (nSPS) is 13.1. The van der Waals surface area contributed by atoms with Crippen LogP contribution in [0, 0.1) is 0 Å². The third kappa shape index (κ3) is 0.972. The van der Waals surface area contributed by atoms with E-state index >= 15 is 0 Å². The second kappa shape index (κ2) is 2.63. The molecule has 2 aromatic rings. The Bertz CT molecular complexity index is 524. The van der Waals surface area contributed by atoms with Crippen LogP contribution < -0.4 is 5.48 Å². The third-order valence-corrected chi connectivity index (χ3v) is 1.82. The van der Waals surface area contributed by atoms with Crippen molar-refractivity contribution in [2.24, 2.45) is 0 Å². The molecular formula is C8H5N5O. The highest BCUT2D eigenvalue weighted by atomic mass is 16.6. The first-order chi connectivity index (χ1) is 6.93. The van der Waals surface area contributed by atoms with Crippen molar-refractivity contribution in [1.82, 2.24) is 19.9 Å². The summed E-state index contributed by atoms with van der Waals surface area (Å²) in [6, 6.07) is 0. The number of nitrogens with zero attached hydrogens (tertiary/aromatic N) is 4. The molecule has 0 fully saturated rings. The largest absolute Gasteiger partial charge is 0.388 e. The zero-order valence-electron chi connectivity index (χ0n) is 7.01. The number of nitrogens with one attached hydrogen (secondary N) is 1. The van der Waals surface area contributed by atoms with Gasteiger partial charge >= 0.3 is 0 Å². The van der Waals surface area contributed by atoms with E-state index < -0.39 is 0 Å². The summed E-state index contributed by atoms with van der Waals surface area (Å²) in [5.41, 5.74) is 4.56. The second-order valence-corrected chi connectivity index (χ2v) is 2.71. The van der Waals surface area contributed by atoms with Gasteiger partial charge in [0, 0.05) is 6.08 Å². The van der Waals surface area contributed by atoms with Crippen molar-refractivity contribution in [2.75, 3.05) is 5.48 Å². The molecule has 1 aliphatic heterocycles. The molecule has 1 N–H and O–H groups in total. The lowest BCUT2D eigenvalue weighted by atomic mass is 10.3. The van der Waals surface area contributed by atoms with Crippen molar-refractivity contribution >= 4 is 23.1 Å². The Morgan fingerprint density at radius 3 is 3.29 bits per heavy atom. The van der Waals surface area contributed by atoms with Crippen molar-refractivity contribution < 1.29 is 4.84 Å². The molecule has 14 heavy (non-hydrogen) atoms. The van der Waals surface area contributed by atoms with Gasteiger partial charge in [0.05, 0.1) is 6.20 Å². The van der Waals surface area contributed by atoms with Gasteiger partial charge in [-0.3, -0.25) is 0 Å². The third-order valence-electron chi connectivity index (χ3n) is 1.82. The van der Waals surface area contributed by atoms with Crippen LogP contribution in [0.3, 0.4) is 0 Å². The molecule has 2 aromatic heterocycles. The molecular weight excluding hydrogens is 182 g/mol. The fourth-order valence-electron chi connectivity index (χ4n) is 1.21. The summed E-state index contributed by atoms with van der Waals surface area (Å²) in [6.45, 7) is 0. The summed E-state index contributed by atoms with van der Waals surface area (Å²) >= 11 is 0. The van der Waals surface area contributed by atoms with Crippen molar-refractivity contribution in [2.45, 2.75) is 0 Å². The maximum atomic E-state index is 4.87. The molecule has 0 saturated carbocycles. The molecule has 6 nitrogen and oxygen atoms in total. The van der Waals surface area contributed by atoms with Crippen LogP contribution in [-0.2, 0) is 4.84 Å². The predicted octanol–water partition coefficient (Wildman–Crippen LogP) is 0.748. The minimum atomic E-state index is 0.576. The molecule has 0 atom stereocenters. The fourth-order valence-corrected chi connectivity index (χ4v) is 1.21. The van der Waals surface area contributed by atoms with Crippen molar-refractivity contribution in [1.29, 1.82) is 0 Å². The second-order valence-electron chi connectivity index (χ2n) is 2.71. The Balaban J connectivity index is 2.34. The first-order valence-corrected chi connectivity index (χ1v) is 3.99. The quantitative estimate of drug-likeness (QED) is 0.656. The maximum absolute atomic E-state index is 4.87. The molecule has 6 heteroatoms. The van der Waals surface area contributed by atoms with Gasteiger partial charge in [-0.25, -0.2) is 25.4 Å². The summed E-state index contributed by atoms with van der Waals surface area (Å²) < 4.78 is 0. The van der Waals surface area contributed by atoms with Gasteiger partial charge in [0.1, 0.15) is 23.8 Å². The van der Waals surface area contributed by atoms with Crippen LogP contribution in [0.1, 0.15) is 5.69 Å². The molecule has 0 unspecified atom stereocenters. The minimum Gasteiger partial charge on any atom is -0.388 e. The number of hydrogen-bond donors (Lipinski definition) is 1. The summed E-state index contributed by atoms with van der Waals surface area (Å²) in [4.78, 5) is 21.2. The average molecular weight is 187 g/mol. The number of aromatic nitrogens is 4. The summed E-state index contributed by atoms with van der Waals surface area (Å²) in [6.07, 6.45) is 6.28. The van der Waals surface area contributed by atoms with E-state index in [1.165, 1.54) is 12.6 Å². The Kier molecular flexibility index (Phi) is 1.35. The fraction of sp³-hybridized carbons (Fsp3) is 0. The van der Waals surface area contributed by atoms with E-state index in [0.717, 1.165) is 0 Å². The standard InChI is InChI=1S/C8H5N5O/c1-2-14-13-8-5(1)11-7-6(12-8)3-9-4-10-7/h1-4H,(H,12,13). The van der Waals surface area contributed by atoms with Crippen molar-refractivity contribution in [3.63, 3.8) is 0 Å². The zero-order chi connectivity index (χ0) is 9.38. The molecule has 0 aliphatic carbocycles. The van der Waals surface area contributed by atoms with E-state index in [1.807, 2.05) is 0 Å². The van der Waals surface area contributed by atoms with Crippen LogP contribution >= 0.6 is 0 Å². The van der Waals surface area contributed by atoms with Gasteiger partial charge in [-0.2, -0.15) is 0 Å². The lowest BCUT2D eigenvalue weighted by molar-refractivity contribution is 0.326. The van der Waals surface area contributed by atoms with E-state index in [2.05, 4.69) is 25.4 Å². The molecule has 0 amide bonds. The highest BCUT2D eigenvalue weighted by Crippen LogP contribution is 2.18. The summed E-state index contributed by atoms with van der Waals surface area (Å²) in [7, 11) is 0. The van der Waals surface area contributed by atoms with E-state index in [1.54, 1.807) is 12.3 Å². The van der Waals surface area contributed by atoms with Crippen LogP contribution in [0.5, 0.6) is 0 Å². The molecule has 1 aliphatic rings. The Morgan fingerprint density at radius 2 is 2.29 bits per heavy atom. The minimum absolute atomic E-state index is 0.576. The van der Waals surface area contributed by atoms with Crippen molar-refractivity contribution in [3.05, 3.63) is 24.5 Å². The molecule has 0 aromatic carbocycles. The number of fused-ring (bicyclic) bond motifs is 2. The monoisotopic (exact) mass is 187 g/mol. The van der Waals surface area contributed by atoms with Gasteiger partial charge in [0.2, 0.25) is 0 Å². The summed E-state index contributed by atoms with van der Waals surface area (Å²) in [5.74, 6) is 0.579. The van der Waals surface area contributed by atoms with Gasteiger partial charge in [0.15, 0.2) is 11.5 Å². The van der Waals surface area contributed by atoms with E-state index in [0.29, 0.717) is 22.7 Å². The SMILES string of the molecule is C1=Cc2nc3ncncc3nc2NO1. The highest BCUT2D eigenvalue weighted by Gasteiger charge is 2.09. The molecule has 3 rings (SSSR count). The van der Waals surface area contributed by atoms with Crippen LogP contribution in [0.2, 0.25) is 0 Å². The number of hydrogen-bond acceptors (Lipinski definition) is 6. The Hall–Kier alpha value is -2.24. The molecule has 0 spiro atoms. The van der Waals surface area contributed by atoms with Gasteiger partial charge in [-0.1, -0.05) is 0 Å². The van der Waals surface area contributed by atoms with Crippen LogP contribution in [-0.4, -0.2) is 19.9 Å². The van der Waals surface area contributed by atoms with Gasteiger partial charge < -0.3 is 4.84 Å². The van der Waals surface area contributed by atoms with E-state index in [-0.39, 0.29) is 0 Å². The molecule has 0 radical (unpaired) electrons. The Labute approximate surface area is 78.6 Å². The number of anilines is 1. The molecule has 68 valence electrons. The molecule has 0 saturated heterocycles. The Morgan fingerprint density at radius 1 is 1.29 bits per heavy atom. The van der Waals surface area contributed by atoms with Gasteiger partial charge in [-0.05, 0) is 0 Å². The maximum Gasteiger partial charge on any atom is 0.186 e. The van der Waals surface area contributed by atoms with Crippen LogP contribution in [0.25, 0.3) is 17.2 Å². The zero-order valence-corrected chi connectivity index (χ0v) is 7.01. The smallest absolute Gasteiger partial charge is 0.186 e. The van der Waals surface area contributed by atoms with E-state index in [9.17, 15) is 0 Å². The molecule has 3 heterocycles. The van der Waals surface area contributed by atoms with Crippen molar-refractivity contribution in [3.8, 4) is 0 Å².